The Hall–Kier alpha value is -2.89. The lowest BCUT2D eigenvalue weighted by atomic mass is 9.70. The van der Waals surface area contributed by atoms with Gasteiger partial charge in [0.2, 0.25) is 0 Å². The van der Waals surface area contributed by atoms with Gasteiger partial charge in [-0.05, 0) is 31.2 Å². The minimum absolute atomic E-state index is 0.00197. The molecule has 1 aliphatic rings. The molecule has 17 nitrogen and oxygen atoms in total. The number of aliphatic hydroxyl groups is 11. The Bertz CT molecular complexity index is 1460. The molecule has 13 N–H and O–H groups in total. The van der Waals surface area contributed by atoms with Gasteiger partial charge < -0.3 is 71.0 Å². The van der Waals surface area contributed by atoms with E-state index in [1.807, 2.05) is 0 Å². The molecule has 0 amide bonds. The molecule has 41 heavy (non-hydrogen) atoms. The van der Waals surface area contributed by atoms with Crippen LogP contribution in [0.3, 0.4) is 0 Å². The van der Waals surface area contributed by atoms with E-state index >= 15 is 0 Å². The maximum atomic E-state index is 14.4. The van der Waals surface area contributed by atoms with Gasteiger partial charge in [-0.15, -0.1) is 0 Å². The fourth-order valence-electron chi connectivity index (χ4n) is 4.01. The molecule has 3 aromatic rings. The fourth-order valence-corrected chi connectivity index (χ4v) is 4.35. The van der Waals surface area contributed by atoms with Crippen LogP contribution in [0.2, 0.25) is 0 Å². The summed E-state index contributed by atoms with van der Waals surface area (Å²) < 4.78 is 24.8. The lowest BCUT2D eigenvalue weighted by Crippen LogP contribution is -2.93. The number of ether oxygens (including phenoxy) is 2. The number of rotatable bonds is 7. The van der Waals surface area contributed by atoms with Crippen LogP contribution in [-0.2, 0) is 0 Å². The molecule has 0 bridgehead atoms. The van der Waals surface area contributed by atoms with Crippen LogP contribution in [0.25, 0.3) is 10.9 Å². The summed E-state index contributed by atoms with van der Waals surface area (Å²) in [5.41, 5.74) is -7.26. The van der Waals surface area contributed by atoms with Gasteiger partial charge in [0.05, 0.1) is 11.2 Å². The highest BCUT2D eigenvalue weighted by atomic mass is 79.9. The van der Waals surface area contributed by atoms with Crippen molar-refractivity contribution in [2.75, 3.05) is 11.9 Å². The van der Waals surface area contributed by atoms with Crippen LogP contribution >= 0.6 is 15.9 Å². The largest absolute Gasteiger partial charge is 0.486 e. The van der Waals surface area contributed by atoms with Crippen molar-refractivity contribution in [3.63, 3.8) is 0 Å². The summed E-state index contributed by atoms with van der Waals surface area (Å²) in [7, 11) is 0. The van der Waals surface area contributed by atoms with Gasteiger partial charge in [0.15, 0.2) is 22.7 Å². The van der Waals surface area contributed by atoms with E-state index in [9.17, 15) is 60.6 Å². The van der Waals surface area contributed by atoms with Gasteiger partial charge in [-0.3, -0.25) is 0 Å². The summed E-state index contributed by atoms with van der Waals surface area (Å²) in [5.74, 6) is -14.2. The van der Waals surface area contributed by atoms with Crippen LogP contribution in [0.5, 0.6) is 11.5 Å². The van der Waals surface area contributed by atoms with Gasteiger partial charge in [-0.2, -0.15) is 0 Å². The minimum atomic E-state index is -4.18. The molecule has 1 saturated heterocycles. The molecule has 2 aromatic carbocycles. The molecular formula is C22H24BrFN4O13. The molecule has 2 unspecified atom stereocenters. The molecule has 2 atom stereocenters. The standard InChI is InChI=1S/C22H24BrFN4O13/c1-17(29)18(30,19(31,32)21(35,36)28-20(17,33)34)7-40-14-6-13-10(5-15(14)41-22(37,38)39)16(26-8-25-13)27-12-3-2-9(23)4-11(12)24/h2-6,8,28-39H,7H2,1H3,(H,25,26,27). The first-order chi connectivity index (χ1) is 18.6. The topological polar surface area (TPSA) is 291 Å². The molecule has 0 radical (unpaired) electrons. The lowest BCUT2D eigenvalue weighted by Gasteiger charge is -2.59. The van der Waals surface area contributed by atoms with E-state index in [0.717, 1.165) is 29.8 Å². The zero-order chi connectivity index (χ0) is 30.8. The van der Waals surface area contributed by atoms with Crippen molar-refractivity contribution in [3.8, 4) is 11.5 Å². The monoisotopic (exact) mass is 650 g/mol. The summed E-state index contributed by atoms with van der Waals surface area (Å²) in [6.07, 6.45) is -2.83. The number of piperidine rings is 1. The van der Waals surface area contributed by atoms with Crippen molar-refractivity contribution in [3.05, 3.63) is 46.9 Å². The lowest BCUT2D eigenvalue weighted by molar-refractivity contribution is -0.516. The Kier molecular flexibility index (Phi) is 7.46. The highest BCUT2D eigenvalue weighted by molar-refractivity contribution is 9.10. The number of halogens is 2. The molecule has 1 aromatic heterocycles. The molecule has 1 aliphatic heterocycles. The van der Waals surface area contributed by atoms with E-state index in [-0.39, 0.29) is 22.4 Å². The average molecular weight is 651 g/mol. The van der Waals surface area contributed by atoms with E-state index in [4.69, 9.17) is 4.74 Å². The first-order valence-electron chi connectivity index (χ1n) is 11.2. The van der Waals surface area contributed by atoms with Crippen LogP contribution < -0.4 is 20.1 Å². The number of fused-ring (bicyclic) bond motifs is 1. The Balaban J connectivity index is 1.79. The molecule has 4 rings (SSSR count). The highest BCUT2D eigenvalue weighted by Crippen LogP contribution is 2.47. The van der Waals surface area contributed by atoms with E-state index in [0.29, 0.717) is 11.4 Å². The number of nitrogens with one attached hydrogen (secondary N) is 2. The zero-order valence-electron chi connectivity index (χ0n) is 20.6. The molecule has 224 valence electrons. The predicted octanol–water partition coefficient (Wildman–Crippen LogP) is -3.34. The summed E-state index contributed by atoms with van der Waals surface area (Å²) in [6, 6.07) is 5.97. The van der Waals surface area contributed by atoms with E-state index < -0.39 is 58.9 Å². The fraction of sp³-hybridized carbons (Fsp3) is 0.364. The first-order valence-corrected chi connectivity index (χ1v) is 12.0. The van der Waals surface area contributed by atoms with Crippen molar-refractivity contribution in [2.45, 2.75) is 41.9 Å². The van der Waals surface area contributed by atoms with Crippen molar-refractivity contribution in [1.82, 2.24) is 15.3 Å². The second-order valence-electron chi connectivity index (χ2n) is 9.33. The van der Waals surface area contributed by atoms with Crippen molar-refractivity contribution in [1.29, 1.82) is 0 Å². The smallest absolute Gasteiger partial charge is 0.453 e. The van der Waals surface area contributed by atoms with Gasteiger partial charge in [-0.25, -0.2) is 19.7 Å². The highest BCUT2D eigenvalue weighted by Gasteiger charge is 2.80. The quantitative estimate of drug-likeness (QED) is 0.111. The Morgan fingerprint density at radius 1 is 0.951 bits per heavy atom. The Morgan fingerprint density at radius 3 is 2.22 bits per heavy atom. The summed E-state index contributed by atoms with van der Waals surface area (Å²) in [5, 5.41) is 115. The third-order valence-corrected chi connectivity index (χ3v) is 6.96. The Morgan fingerprint density at radius 2 is 1.61 bits per heavy atom. The molecule has 2 heterocycles. The first kappa shape index (κ1) is 31.1. The predicted molar refractivity (Wildman–Crippen MR) is 133 cm³/mol. The van der Waals surface area contributed by atoms with E-state index in [1.54, 1.807) is 0 Å². The molecule has 0 spiro atoms. The number of anilines is 2. The molecule has 0 saturated carbocycles. The van der Waals surface area contributed by atoms with Crippen molar-refractivity contribution >= 4 is 38.3 Å². The van der Waals surface area contributed by atoms with Crippen molar-refractivity contribution < 1.29 is 70.0 Å². The maximum absolute atomic E-state index is 14.4. The van der Waals surface area contributed by atoms with Crippen LogP contribution in [0.15, 0.2) is 41.1 Å². The van der Waals surface area contributed by atoms with Gasteiger partial charge in [-0.1, -0.05) is 15.9 Å². The van der Waals surface area contributed by atoms with Gasteiger partial charge >= 0.3 is 6.16 Å². The number of hydrogen-bond acceptors (Lipinski definition) is 17. The summed E-state index contributed by atoms with van der Waals surface area (Å²) in [4.78, 5) is 7.97. The summed E-state index contributed by atoms with van der Waals surface area (Å²) in [6.45, 7) is -1.12. The SMILES string of the molecule is CC1(O)C(O)(O)NC(O)(O)C(O)(O)C1(O)COc1cc2ncnc(Nc3ccc(Br)cc3F)c2cc1OC(O)(O)O. The zero-order valence-corrected chi connectivity index (χ0v) is 22.1. The number of aromatic nitrogens is 2. The van der Waals surface area contributed by atoms with E-state index in [1.165, 1.54) is 12.1 Å². The van der Waals surface area contributed by atoms with Crippen LogP contribution in [0.4, 0.5) is 15.9 Å². The van der Waals surface area contributed by atoms with Crippen LogP contribution in [0, 0.1) is 5.82 Å². The van der Waals surface area contributed by atoms with Gasteiger partial charge in [0.25, 0.3) is 17.6 Å². The normalized spacial score (nSPS) is 25.1. The molecule has 19 heteroatoms. The minimum Gasteiger partial charge on any atom is -0.486 e. The maximum Gasteiger partial charge on any atom is 0.453 e. The van der Waals surface area contributed by atoms with E-state index in [2.05, 4.69) is 36.0 Å². The molecule has 1 fully saturated rings. The Labute approximate surface area is 236 Å². The number of benzene rings is 2. The third kappa shape index (κ3) is 5.28. The van der Waals surface area contributed by atoms with Gasteiger partial charge in [0.1, 0.15) is 24.6 Å². The summed E-state index contributed by atoms with van der Waals surface area (Å²) >= 11 is 3.12. The average Bonchev–Trinajstić information content (AvgIpc) is 2.82. The second kappa shape index (κ2) is 9.84. The molecule has 0 aliphatic carbocycles. The van der Waals surface area contributed by atoms with Crippen LogP contribution in [-0.4, -0.2) is 108 Å². The molecular weight excluding hydrogens is 627 g/mol. The van der Waals surface area contributed by atoms with Gasteiger partial charge in [0, 0.05) is 15.9 Å². The van der Waals surface area contributed by atoms with Crippen molar-refractivity contribution in [2.24, 2.45) is 0 Å². The number of nitrogens with zero attached hydrogens (tertiary/aromatic N) is 2. The van der Waals surface area contributed by atoms with Crippen LogP contribution in [0.1, 0.15) is 6.92 Å². The third-order valence-electron chi connectivity index (χ3n) is 6.46. The second-order valence-corrected chi connectivity index (χ2v) is 10.2. The number of hydrogen-bond donors (Lipinski definition) is 13.